The smallest absolute Gasteiger partial charge is 0.261 e. The molecule has 0 spiro atoms. The van der Waals surface area contributed by atoms with Gasteiger partial charge in [0.15, 0.2) is 0 Å². The highest BCUT2D eigenvalue weighted by Gasteiger charge is 2.32. The number of nitrogens with zero attached hydrogens (tertiary/aromatic N) is 1. The molecule has 0 bridgehead atoms. The lowest BCUT2D eigenvalue weighted by molar-refractivity contribution is -0.120. The summed E-state index contributed by atoms with van der Waals surface area (Å²) in [4.78, 5) is 12.7. The minimum atomic E-state index is -3.92. The number of benzene rings is 2. The van der Waals surface area contributed by atoms with Crippen LogP contribution in [-0.2, 0) is 24.8 Å². The molecule has 8 nitrogen and oxygen atoms in total. The average molecular weight is 575 g/mol. The van der Waals surface area contributed by atoms with E-state index < -0.39 is 20.0 Å². The number of carbonyl (C=O) groups is 1. The normalized spacial score (nSPS) is 15.6. The zero-order valence-electron chi connectivity index (χ0n) is 18.1. The molecular formula is C22H21Cl2N3O5S3. The summed E-state index contributed by atoms with van der Waals surface area (Å²) in [7, 11) is -7.46. The number of carbonyl (C=O) groups excluding carboxylic acids is 1. The van der Waals surface area contributed by atoms with Crippen LogP contribution in [0.1, 0.15) is 12.8 Å². The van der Waals surface area contributed by atoms with Gasteiger partial charge in [0.2, 0.25) is 5.91 Å². The molecule has 1 saturated heterocycles. The van der Waals surface area contributed by atoms with Crippen molar-refractivity contribution in [1.29, 1.82) is 0 Å². The number of rotatable bonds is 7. The summed E-state index contributed by atoms with van der Waals surface area (Å²) in [6.07, 6.45) is 0.792. The lowest BCUT2D eigenvalue weighted by Crippen LogP contribution is -2.41. The summed E-state index contributed by atoms with van der Waals surface area (Å²) in [6, 6.07) is 13.6. The molecule has 0 atom stereocenters. The molecule has 35 heavy (non-hydrogen) atoms. The first-order valence-corrected chi connectivity index (χ1v) is 15.1. The largest absolute Gasteiger partial charge is 0.326 e. The number of hydrogen-bond donors (Lipinski definition) is 2. The van der Waals surface area contributed by atoms with E-state index in [4.69, 9.17) is 23.2 Å². The zero-order valence-corrected chi connectivity index (χ0v) is 22.1. The highest BCUT2D eigenvalue weighted by molar-refractivity contribution is 7.92. The van der Waals surface area contributed by atoms with E-state index >= 15 is 0 Å². The van der Waals surface area contributed by atoms with Gasteiger partial charge >= 0.3 is 0 Å². The second-order valence-electron chi connectivity index (χ2n) is 7.83. The first-order chi connectivity index (χ1) is 16.6. The maximum atomic E-state index is 12.7. The third kappa shape index (κ3) is 5.82. The van der Waals surface area contributed by atoms with Crippen molar-refractivity contribution in [2.24, 2.45) is 5.92 Å². The molecule has 1 fully saturated rings. The molecule has 186 valence electrons. The first kappa shape index (κ1) is 25.9. The topological polar surface area (TPSA) is 113 Å². The van der Waals surface area contributed by atoms with Crippen molar-refractivity contribution in [2.45, 2.75) is 21.9 Å². The molecule has 1 amide bonds. The lowest BCUT2D eigenvalue weighted by atomic mass is 9.97. The number of thiophene rings is 1. The van der Waals surface area contributed by atoms with Crippen molar-refractivity contribution < 1.29 is 21.6 Å². The predicted octanol–water partition coefficient (Wildman–Crippen LogP) is 4.90. The number of hydrogen-bond acceptors (Lipinski definition) is 6. The standard InChI is InChI=1S/C22H21Cl2N3O5S3/c23-18-3-1-4-19(21(18)24)26-34(29,30)17-8-6-16(7-9-17)25-22(28)15-10-12-27(13-11-15)35(31,32)20-5-2-14-33-20/h1-9,14-15,26H,10-13H2,(H,25,28). The van der Waals surface area contributed by atoms with Crippen LogP contribution in [0, 0.1) is 5.92 Å². The molecule has 1 aliphatic heterocycles. The van der Waals surface area contributed by atoms with Gasteiger partial charge in [0.05, 0.1) is 20.6 Å². The highest BCUT2D eigenvalue weighted by Crippen LogP contribution is 2.31. The number of amides is 1. The molecule has 2 N–H and O–H groups in total. The number of halogens is 2. The Hall–Kier alpha value is -2.15. The van der Waals surface area contributed by atoms with Crippen LogP contribution in [0.15, 0.2) is 69.1 Å². The van der Waals surface area contributed by atoms with E-state index in [1.54, 1.807) is 29.6 Å². The van der Waals surface area contributed by atoms with Gasteiger partial charge in [-0.25, -0.2) is 16.8 Å². The molecule has 2 heterocycles. The van der Waals surface area contributed by atoms with Crippen LogP contribution in [0.2, 0.25) is 10.0 Å². The Morgan fingerprint density at radius 3 is 2.26 bits per heavy atom. The zero-order chi connectivity index (χ0) is 25.2. The van der Waals surface area contributed by atoms with Gasteiger partial charge in [-0.1, -0.05) is 35.3 Å². The van der Waals surface area contributed by atoms with Crippen LogP contribution in [-0.4, -0.2) is 40.1 Å². The second-order valence-corrected chi connectivity index (χ2v) is 13.4. The van der Waals surface area contributed by atoms with Crippen molar-refractivity contribution >= 4 is 71.9 Å². The van der Waals surface area contributed by atoms with Gasteiger partial charge in [0.25, 0.3) is 20.0 Å². The Balaban J connectivity index is 1.36. The van der Waals surface area contributed by atoms with Gasteiger partial charge in [0, 0.05) is 24.7 Å². The monoisotopic (exact) mass is 573 g/mol. The van der Waals surface area contributed by atoms with E-state index in [-0.39, 0.29) is 45.5 Å². The summed E-state index contributed by atoms with van der Waals surface area (Å²) < 4.78 is 54.8. The Labute approximate surface area is 218 Å². The van der Waals surface area contributed by atoms with E-state index in [0.29, 0.717) is 22.7 Å². The number of nitrogens with one attached hydrogen (secondary N) is 2. The predicted molar refractivity (Wildman–Crippen MR) is 138 cm³/mol. The Bertz CT molecular complexity index is 1420. The number of anilines is 2. The number of piperidine rings is 1. The molecule has 4 rings (SSSR count). The van der Waals surface area contributed by atoms with Crippen LogP contribution >= 0.6 is 34.5 Å². The molecule has 1 aromatic heterocycles. The molecule has 0 aliphatic carbocycles. The van der Waals surface area contributed by atoms with Crippen LogP contribution in [0.4, 0.5) is 11.4 Å². The van der Waals surface area contributed by atoms with Gasteiger partial charge in [0.1, 0.15) is 4.21 Å². The van der Waals surface area contributed by atoms with Crippen molar-refractivity contribution in [3.05, 3.63) is 70.0 Å². The number of sulfonamides is 2. The lowest BCUT2D eigenvalue weighted by Gasteiger charge is -2.30. The molecule has 0 saturated carbocycles. The Kier molecular flexibility index (Phi) is 7.74. The minimum Gasteiger partial charge on any atom is -0.326 e. The summed E-state index contributed by atoms with van der Waals surface area (Å²) in [5.41, 5.74) is 0.590. The fraction of sp³-hybridized carbons (Fsp3) is 0.227. The molecule has 0 unspecified atom stereocenters. The third-order valence-electron chi connectivity index (χ3n) is 5.54. The molecule has 1 aliphatic rings. The van der Waals surface area contributed by atoms with Gasteiger partial charge in [-0.15, -0.1) is 11.3 Å². The van der Waals surface area contributed by atoms with E-state index in [2.05, 4.69) is 10.0 Å². The maximum absolute atomic E-state index is 12.7. The molecular weight excluding hydrogens is 553 g/mol. The molecule has 3 aromatic rings. The van der Waals surface area contributed by atoms with Gasteiger partial charge < -0.3 is 5.32 Å². The average Bonchev–Trinajstić information content (AvgIpc) is 3.38. The van der Waals surface area contributed by atoms with E-state index in [1.165, 1.54) is 46.0 Å². The SMILES string of the molecule is O=C(Nc1ccc(S(=O)(=O)Nc2cccc(Cl)c2Cl)cc1)C1CCN(S(=O)(=O)c2cccs2)CC1. The fourth-order valence-corrected chi connectivity index (χ4v) is 7.73. The third-order valence-corrected chi connectivity index (χ3v) is 11.0. The van der Waals surface area contributed by atoms with Crippen LogP contribution in [0.25, 0.3) is 0 Å². The van der Waals surface area contributed by atoms with Gasteiger partial charge in [-0.05, 0) is 60.7 Å². The second kappa shape index (κ2) is 10.5. The summed E-state index contributed by atoms with van der Waals surface area (Å²) in [5, 5.41) is 4.81. The van der Waals surface area contributed by atoms with Crippen molar-refractivity contribution in [2.75, 3.05) is 23.1 Å². The Morgan fingerprint density at radius 1 is 0.943 bits per heavy atom. The Morgan fingerprint density at radius 2 is 1.63 bits per heavy atom. The molecule has 2 aromatic carbocycles. The van der Waals surface area contributed by atoms with Gasteiger partial charge in [-0.2, -0.15) is 4.31 Å². The van der Waals surface area contributed by atoms with Crippen molar-refractivity contribution in [3.63, 3.8) is 0 Å². The minimum absolute atomic E-state index is 0.0152. The molecule has 0 radical (unpaired) electrons. The van der Waals surface area contributed by atoms with E-state index in [9.17, 15) is 21.6 Å². The highest BCUT2D eigenvalue weighted by atomic mass is 35.5. The van der Waals surface area contributed by atoms with Crippen molar-refractivity contribution in [1.82, 2.24) is 4.31 Å². The van der Waals surface area contributed by atoms with Crippen molar-refractivity contribution in [3.8, 4) is 0 Å². The molecule has 13 heteroatoms. The van der Waals surface area contributed by atoms with E-state index in [0.717, 1.165) is 0 Å². The fourth-order valence-electron chi connectivity index (χ4n) is 3.64. The van der Waals surface area contributed by atoms with Crippen LogP contribution < -0.4 is 10.0 Å². The first-order valence-electron chi connectivity index (χ1n) is 10.5. The summed E-state index contributed by atoms with van der Waals surface area (Å²) in [6.45, 7) is 0.514. The quantitative estimate of drug-likeness (QED) is 0.417. The summed E-state index contributed by atoms with van der Waals surface area (Å²) in [5.74, 6) is -0.586. The summed E-state index contributed by atoms with van der Waals surface area (Å²) >= 11 is 13.2. The maximum Gasteiger partial charge on any atom is 0.261 e. The van der Waals surface area contributed by atoms with Gasteiger partial charge in [-0.3, -0.25) is 9.52 Å². The van der Waals surface area contributed by atoms with E-state index in [1.807, 2.05) is 0 Å². The van der Waals surface area contributed by atoms with Crippen LogP contribution in [0.3, 0.4) is 0 Å². The van der Waals surface area contributed by atoms with Crippen LogP contribution in [0.5, 0.6) is 0 Å².